The molecule has 0 radical (unpaired) electrons. The fourth-order valence-electron chi connectivity index (χ4n) is 3.45. The van der Waals surface area contributed by atoms with Crippen LogP contribution in [-0.4, -0.2) is 54.9 Å². The maximum Gasteiger partial charge on any atom is 0.259 e. The number of aromatic nitrogens is 2. The molecule has 0 spiro atoms. The second-order valence-electron chi connectivity index (χ2n) is 6.86. The zero-order valence-corrected chi connectivity index (χ0v) is 15.2. The highest BCUT2D eigenvalue weighted by molar-refractivity contribution is 6.00. The van der Waals surface area contributed by atoms with Crippen LogP contribution in [-0.2, 0) is 0 Å². The van der Waals surface area contributed by atoms with Crippen LogP contribution in [0.5, 0.6) is 0 Å². The molecule has 0 saturated carbocycles. The summed E-state index contributed by atoms with van der Waals surface area (Å²) < 4.78 is 14.7. The van der Waals surface area contributed by atoms with Gasteiger partial charge in [-0.2, -0.15) is 0 Å². The van der Waals surface area contributed by atoms with Crippen LogP contribution in [0.3, 0.4) is 0 Å². The van der Waals surface area contributed by atoms with Crippen molar-refractivity contribution in [3.8, 4) is 0 Å². The number of amides is 1. The fraction of sp³-hybridized carbons (Fsp3) is 0.389. The molecule has 2 aromatic rings. The molecule has 1 fully saturated rings. The third kappa shape index (κ3) is 3.37. The van der Waals surface area contributed by atoms with E-state index in [2.05, 4.69) is 37.7 Å². The van der Waals surface area contributed by atoms with E-state index in [1.165, 1.54) is 18.6 Å². The zero-order chi connectivity index (χ0) is 19.0. The van der Waals surface area contributed by atoms with Crippen LogP contribution in [0.4, 0.5) is 21.6 Å². The molecule has 9 heteroatoms. The molecule has 0 aliphatic carbocycles. The molecule has 4 rings (SSSR count). The van der Waals surface area contributed by atoms with Gasteiger partial charge in [-0.3, -0.25) is 4.79 Å². The van der Waals surface area contributed by atoms with Crippen molar-refractivity contribution in [3.05, 3.63) is 42.1 Å². The largest absolute Gasteiger partial charge is 0.369 e. The van der Waals surface area contributed by atoms with Gasteiger partial charge in [0.05, 0.1) is 5.69 Å². The summed E-state index contributed by atoms with van der Waals surface area (Å²) in [6.07, 6.45) is 2.24. The normalized spacial score (nSPS) is 22.3. The number of fused-ring (bicyclic) bond motifs is 1. The summed E-state index contributed by atoms with van der Waals surface area (Å²) >= 11 is 0. The minimum atomic E-state index is -0.612. The van der Waals surface area contributed by atoms with Gasteiger partial charge in [-0.05, 0) is 25.1 Å². The molecule has 1 saturated heterocycles. The predicted octanol–water partition coefficient (Wildman–Crippen LogP) is 0.989. The van der Waals surface area contributed by atoms with Crippen molar-refractivity contribution < 1.29 is 9.18 Å². The summed E-state index contributed by atoms with van der Waals surface area (Å²) in [6.45, 7) is 4.67. The Labute approximate surface area is 156 Å². The third-order valence-electron chi connectivity index (χ3n) is 4.90. The minimum absolute atomic E-state index is 0.298. The molecular formula is C18H22FN7O. The number of rotatable bonds is 3. The average Bonchev–Trinajstić information content (AvgIpc) is 2.67. The van der Waals surface area contributed by atoms with Crippen molar-refractivity contribution >= 4 is 23.1 Å². The van der Waals surface area contributed by atoms with E-state index in [1.54, 1.807) is 18.0 Å². The fourth-order valence-corrected chi connectivity index (χ4v) is 3.45. The van der Waals surface area contributed by atoms with Gasteiger partial charge in [0.1, 0.15) is 23.5 Å². The van der Waals surface area contributed by atoms with Crippen molar-refractivity contribution in [2.45, 2.75) is 19.3 Å². The first-order chi connectivity index (χ1) is 13.0. The Hall–Kier alpha value is -2.94. The molecular weight excluding hydrogens is 349 g/mol. The number of nitrogens with one attached hydrogen (secondary N) is 3. The Kier molecular flexibility index (Phi) is 4.53. The molecule has 1 amide bonds. The van der Waals surface area contributed by atoms with E-state index in [4.69, 9.17) is 0 Å². The molecule has 1 aromatic carbocycles. The number of hydrogen-bond donors (Lipinski definition) is 3. The van der Waals surface area contributed by atoms with E-state index < -0.39 is 6.29 Å². The Morgan fingerprint density at radius 1 is 1.37 bits per heavy atom. The van der Waals surface area contributed by atoms with E-state index in [1.807, 2.05) is 6.07 Å². The molecule has 0 bridgehead atoms. The van der Waals surface area contributed by atoms with Gasteiger partial charge >= 0.3 is 0 Å². The predicted molar refractivity (Wildman–Crippen MR) is 101 cm³/mol. The first kappa shape index (κ1) is 17.5. The highest BCUT2D eigenvalue weighted by Crippen LogP contribution is 2.26. The van der Waals surface area contributed by atoms with Crippen LogP contribution in [0.2, 0.25) is 0 Å². The van der Waals surface area contributed by atoms with E-state index in [9.17, 15) is 9.18 Å². The van der Waals surface area contributed by atoms with Gasteiger partial charge in [-0.15, -0.1) is 0 Å². The van der Waals surface area contributed by atoms with Gasteiger partial charge < -0.3 is 25.8 Å². The molecule has 27 heavy (non-hydrogen) atoms. The van der Waals surface area contributed by atoms with Gasteiger partial charge in [0.15, 0.2) is 6.29 Å². The van der Waals surface area contributed by atoms with Crippen molar-refractivity contribution in [1.82, 2.24) is 20.6 Å². The number of benzene rings is 1. The zero-order valence-electron chi connectivity index (χ0n) is 15.2. The number of nitrogens with zero attached hydrogens (tertiary/aromatic N) is 4. The smallest absolute Gasteiger partial charge is 0.259 e. The molecule has 2 atom stereocenters. The molecule has 8 nitrogen and oxygen atoms in total. The third-order valence-corrected chi connectivity index (χ3v) is 4.90. The molecule has 3 N–H and O–H groups in total. The molecule has 1 aromatic heterocycles. The van der Waals surface area contributed by atoms with E-state index in [0.29, 0.717) is 23.1 Å². The van der Waals surface area contributed by atoms with Gasteiger partial charge in [0.25, 0.3) is 5.91 Å². The van der Waals surface area contributed by atoms with E-state index in [0.717, 1.165) is 25.3 Å². The lowest BCUT2D eigenvalue weighted by atomic mass is 10.2. The number of carbonyl (C=O) groups is 1. The SMILES string of the molecule is CC1CN(c2ccc(NC3NC(=O)c4cncnc4N3C)c(F)c2)CCN1. The molecule has 3 heterocycles. The maximum atomic E-state index is 14.7. The summed E-state index contributed by atoms with van der Waals surface area (Å²) in [5.41, 5.74) is 1.56. The van der Waals surface area contributed by atoms with Crippen molar-refractivity contribution in [3.63, 3.8) is 0 Å². The van der Waals surface area contributed by atoms with Crippen molar-refractivity contribution in [2.75, 3.05) is 41.8 Å². The summed E-state index contributed by atoms with van der Waals surface area (Å²) in [5.74, 6) is -0.166. The van der Waals surface area contributed by atoms with Crippen LogP contribution in [0.15, 0.2) is 30.7 Å². The highest BCUT2D eigenvalue weighted by Gasteiger charge is 2.30. The quantitative estimate of drug-likeness (QED) is 0.742. The first-order valence-corrected chi connectivity index (χ1v) is 8.91. The van der Waals surface area contributed by atoms with Crippen LogP contribution >= 0.6 is 0 Å². The van der Waals surface area contributed by atoms with Gasteiger partial charge in [0.2, 0.25) is 0 Å². The van der Waals surface area contributed by atoms with Crippen molar-refractivity contribution in [1.29, 1.82) is 0 Å². The standard InChI is InChI=1S/C18H22FN7O/c1-11-9-26(6-5-21-11)12-3-4-15(14(19)7-12)23-18-24-17(27)13-8-20-10-22-16(13)25(18)2/h3-4,7-8,10-11,18,21,23H,5-6,9H2,1-2H3,(H,24,27). The summed E-state index contributed by atoms with van der Waals surface area (Å²) in [5, 5.41) is 9.20. The lowest BCUT2D eigenvalue weighted by Crippen LogP contribution is -2.55. The van der Waals surface area contributed by atoms with Crippen LogP contribution in [0.1, 0.15) is 17.3 Å². The molecule has 2 aliphatic heterocycles. The van der Waals surface area contributed by atoms with E-state index >= 15 is 0 Å². The number of carbonyl (C=O) groups excluding carboxylic acids is 1. The van der Waals surface area contributed by atoms with Gasteiger partial charge in [-0.25, -0.2) is 14.4 Å². The first-order valence-electron chi connectivity index (χ1n) is 8.91. The van der Waals surface area contributed by atoms with Gasteiger partial charge in [0, 0.05) is 44.6 Å². The maximum absolute atomic E-state index is 14.7. The molecule has 142 valence electrons. The lowest BCUT2D eigenvalue weighted by Gasteiger charge is -2.36. The molecule has 2 unspecified atom stereocenters. The summed E-state index contributed by atoms with van der Waals surface area (Å²) in [7, 11) is 1.78. The van der Waals surface area contributed by atoms with Gasteiger partial charge in [-0.1, -0.05) is 0 Å². The van der Waals surface area contributed by atoms with Crippen LogP contribution in [0, 0.1) is 5.82 Å². The van der Waals surface area contributed by atoms with Crippen LogP contribution in [0.25, 0.3) is 0 Å². The van der Waals surface area contributed by atoms with E-state index in [-0.39, 0.29) is 11.7 Å². The number of anilines is 3. The Morgan fingerprint density at radius 2 is 2.22 bits per heavy atom. The summed E-state index contributed by atoms with van der Waals surface area (Å²) in [4.78, 5) is 24.2. The van der Waals surface area contributed by atoms with Crippen LogP contribution < -0.4 is 25.8 Å². The Balaban J connectivity index is 1.52. The minimum Gasteiger partial charge on any atom is -0.369 e. The number of hydrogen-bond acceptors (Lipinski definition) is 7. The highest BCUT2D eigenvalue weighted by atomic mass is 19.1. The molecule has 2 aliphatic rings. The average molecular weight is 371 g/mol. The number of piperazine rings is 1. The second kappa shape index (κ2) is 6.99. The Morgan fingerprint density at radius 3 is 3.00 bits per heavy atom. The number of halogens is 1. The Bertz CT molecular complexity index is 861. The summed E-state index contributed by atoms with van der Waals surface area (Å²) in [6, 6.07) is 5.49. The topological polar surface area (TPSA) is 85.4 Å². The van der Waals surface area contributed by atoms with Crippen molar-refractivity contribution in [2.24, 2.45) is 0 Å². The monoisotopic (exact) mass is 371 g/mol. The lowest BCUT2D eigenvalue weighted by molar-refractivity contribution is 0.0932. The second-order valence-corrected chi connectivity index (χ2v) is 6.86.